The molecule has 0 fully saturated rings. The van der Waals surface area contributed by atoms with Crippen molar-refractivity contribution in [1.29, 1.82) is 0 Å². The highest BCUT2D eigenvalue weighted by atomic mass is 19.3. The van der Waals surface area contributed by atoms with Crippen LogP contribution >= 0.6 is 0 Å². The number of ether oxygens (including phenoxy) is 1. The van der Waals surface area contributed by atoms with E-state index in [2.05, 4.69) is 4.74 Å². The first-order chi connectivity index (χ1) is 9.15. The lowest BCUT2D eigenvalue weighted by atomic mass is 10.0. The third kappa shape index (κ3) is 4.14. The van der Waals surface area contributed by atoms with Crippen molar-refractivity contribution in [1.82, 2.24) is 0 Å². The molecule has 20 heavy (non-hydrogen) atoms. The number of hydrogen-bond donors (Lipinski definition) is 1. The maximum absolute atomic E-state index is 13.7. The second-order valence-electron chi connectivity index (χ2n) is 4.57. The SMILES string of the molecule is Cc1cc(C)c(C(O)COCC(F)(F)C(F)F)c(F)c1. The molecular formula is C13H15F5O2. The van der Waals surface area contributed by atoms with Crippen LogP contribution in [-0.2, 0) is 4.74 Å². The molecule has 0 saturated heterocycles. The van der Waals surface area contributed by atoms with Gasteiger partial charge >= 0.3 is 12.3 Å². The number of halogens is 5. The first-order valence-electron chi connectivity index (χ1n) is 5.83. The number of alkyl halides is 4. The fourth-order valence-corrected chi connectivity index (χ4v) is 1.80. The predicted molar refractivity (Wildman–Crippen MR) is 62.6 cm³/mol. The van der Waals surface area contributed by atoms with Crippen LogP contribution in [0, 0.1) is 19.7 Å². The third-order valence-electron chi connectivity index (χ3n) is 2.70. The van der Waals surface area contributed by atoms with Crippen LogP contribution in [0.25, 0.3) is 0 Å². The van der Waals surface area contributed by atoms with Crippen LogP contribution < -0.4 is 0 Å². The standard InChI is InChI=1S/C13H15F5O2/c1-7-3-8(2)11(9(14)4-7)10(19)5-20-6-13(17,18)12(15)16/h3-4,10,12,19H,5-6H2,1-2H3. The van der Waals surface area contributed by atoms with Gasteiger partial charge in [-0.05, 0) is 31.0 Å². The zero-order valence-corrected chi connectivity index (χ0v) is 11.0. The zero-order chi connectivity index (χ0) is 15.5. The second-order valence-corrected chi connectivity index (χ2v) is 4.57. The maximum atomic E-state index is 13.7. The van der Waals surface area contributed by atoms with Crippen LogP contribution in [0.1, 0.15) is 22.8 Å². The van der Waals surface area contributed by atoms with E-state index in [0.717, 1.165) is 0 Å². The first-order valence-corrected chi connectivity index (χ1v) is 5.83. The molecule has 0 saturated carbocycles. The van der Waals surface area contributed by atoms with Crippen LogP contribution in [0.15, 0.2) is 12.1 Å². The molecule has 0 radical (unpaired) electrons. The molecule has 0 aliphatic rings. The molecule has 1 rings (SSSR count). The van der Waals surface area contributed by atoms with E-state index >= 15 is 0 Å². The lowest BCUT2D eigenvalue weighted by Gasteiger charge is -2.19. The summed E-state index contributed by atoms with van der Waals surface area (Å²) >= 11 is 0. The Hall–Kier alpha value is -1.21. The largest absolute Gasteiger partial charge is 0.386 e. The minimum absolute atomic E-state index is 0.0871. The van der Waals surface area contributed by atoms with Gasteiger partial charge in [0.15, 0.2) is 0 Å². The van der Waals surface area contributed by atoms with Crippen molar-refractivity contribution < 1.29 is 31.8 Å². The van der Waals surface area contributed by atoms with E-state index in [-0.39, 0.29) is 5.56 Å². The number of aryl methyl sites for hydroxylation is 2. The van der Waals surface area contributed by atoms with Gasteiger partial charge in [-0.3, -0.25) is 0 Å². The van der Waals surface area contributed by atoms with Crippen LogP contribution in [0.4, 0.5) is 22.0 Å². The van der Waals surface area contributed by atoms with Gasteiger partial charge in [-0.15, -0.1) is 0 Å². The van der Waals surface area contributed by atoms with Crippen molar-refractivity contribution in [3.63, 3.8) is 0 Å². The molecule has 0 aliphatic heterocycles. The molecule has 1 aromatic rings. The van der Waals surface area contributed by atoms with E-state index in [1.165, 1.54) is 6.07 Å². The summed E-state index contributed by atoms with van der Waals surface area (Å²) in [6, 6.07) is 2.79. The Morgan fingerprint density at radius 2 is 1.85 bits per heavy atom. The Balaban J connectivity index is 2.67. The molecule has 1 aromatic carbocycles. The fraction of sp³-hybridized carbons (Fsp3) is 0.538. The molecular weight excluding hydrogens is 283 g/mol. The Labute approximate surface area is 113 Å². The quantitative estimate of drug-likeness (QED) is 0.816. The first kappa shape index (κ1) is 16.8. The van der Waals surface area contributed by atoms with E-state index in [4.69, 9.17) is 0 Å². The Morgan fingerprint density at radius 3 is 2.35 bits per heavy atom. The highest BCUT2D eigenvalue weighted by Crippen LogP contribution is 2.26. The monoisotopic (exact) mass is 298 g/mol. The maximum Gasteiger partial charge on any atom is 0.330 e. The Morgan fingerprint density at radius 1 is 1.25 bits per heavy atom. The van der Waals surface area contributed by atoms with Gasteiger partial charge in [-0.1, -0.05) is 6.07 Å². The third-order valence-corrected chi connectivity index (χ3v) is 2.70. The summed E-state index contributed by atoms with van der Waals surface area (Å²) < 4.78 is 67.0. The molecule has 1 N–H and O–H groups in total. The summed E-state index contributed by atoms with van der Waals surface area (Å²) in [5.41, 5.74) is 0.983. The minimum Gasteiger partial charge on any atom is -0.386 e. The Kier molecular flexibility index (Phi) is 5.47. The molecule has 0 aromatic heterocycles. The van der Waals surface area contributed by atoms with Crippen LogP contribution in [-0.4, -0.2) is 30.7 Å². The molecule has 114 valence electrons. The molecule has 7 heteroatoms. The molecule has 0 amide bonds. The van der Waals surface area contributed by atoms with Crippen molar-refractivity contribution in [2.45, 2.75) is 32.3 Å². The van der Waals surface area contributed by atoms with Crippen LogP contribution in [0.5, 0.6) is 0 Å². The summed E-state index contributed by atoms with van der Waals surface area (Å²) in [7, 11) is 0. The minimum atomic E-state index is -4.29. The van der Waals surface area contributed by atoms with Crippen molar-refractivity contribution in [2.75, 3.05) is 13.2 Å². The van der Waals surface area contributed by atoms with Crippen molar-refractivity contribution in [3.05, 3.63) is 34.6 Å². The molecule has 2 nitrogen and oxygen atoms in total. The number of benzene rings is 1. The van der Waals surface area contributed by atoms with E-state index < -0.39 is 37.5 Å². The van der Waals surface area contributed by atoms with E-state index in [0.29, 0.717) is 11.1 Å². The van der Waals surface area contributed by atoms with Crippen molar-refractivity contribution in [2.24, 2.45) is 0 Å². The lowest BCUT2D eigenvalue weighted by molar-refractivity contribution is -0.171. The summed E-state index contributed by atoms with van der Waals surface area (Å²) in [6.07, 6.45) is -5.35. The highest BCUT2D eigenvalue weighted by Gasteiger charge is 2.41. The lowest BCUT2D eigenvalue weighted by Crippen LogP contribution is -2.33. The molecule has 1 atom stereocenters. The van der Waals surface area contributed by atoms with Gasteiger partial charge in [0, 0.05) is 5.56 Å². The van der Waals surface area contributed by atoms with Crippen molar-refractivity contribution in [3.8, 4) is 0 Å². The molecule has 0 heterocycles. The summed E-state index contributed by atoms with van der Waals surface area (Å²) in [5.74, 6) is -4.99. The summed E-state index contributed by atoms with van der Waals surface area (Å²) in [6.45, 7) is 0.978. The average molecular weight is 298 g/mol. The van der Waals surface area contributed by atoms with E-state index in [1.807, 2.05) is 0 Å². The number of aliphatic hydroxyl groups excluding tert-OH is 1. The van der Waals surface area contributed by atoms with Crippen molar-refractivity contribution >= 4 is 0 Å². The molecule has 0 aliphatic carbocycles. The topological polar surface area (TPSA) is 29.5 Å². The molecule has 0 bridgehead atoms. The average Bonchev–Trinajstić information content (AvgIpc) is 2.26. The highest BCUT2D eigenvalue weighted by molar-refractivity contribution is 5.33. The van der Waals surface area contributed by atoms with Crippen LogP contribution in [0.2, 0.25) is 0 Å². The number of hydrogen-bond acceptors (Lipinski definition) is 2. The van der Waals surface area contributed by atoms with Gasteiger partial charge in [0.25, 0.3) is 0 Å². The predicted octanol–water partition coefficient (Wildman–Crippen LogP) is 3.39. The molecule has 0 spiro atoms. The summed E-state index contributed by atoms with van der Waals surface area (Å²) in [4.78, 5) is 0. The summed E-state index contributed by atoms with van der Waals surface area (Å²) in [5, 5.41) is 9.71. The normalized spacial score (nSPS) is 13.8. The fourth-order valence-electron chi connectivity index (χ4n) is 1.80. The second kappa shape index (κ2) is 6.49. The van der Waals surface area contributed by atoms with Gasteiger partial charge in [0.2, 0.25) is 0 Å². The molecule has 1 unspecified atom stereocenters. The van der Waals surface area contributed by atoms with Gasteiger partial charge < -0.3 is 9.84 Å². The number of aliphatic hydroxyl groups is 1. The van der Waals surface area contributed by atoms with Gasteiger partial charge in [0.1, 0.15) is 18.5 Å². The smallest absolute Gasteiger partial charge is 0.330 e. The number of rotatable bonds is 6. The van der Waals surface area contributed by atoms with Gasteiger partial charge in [-0.25, -0.2) is 13.2 Å². The van der Waals surface area contributed by atoms with Crippen LogP contribution in [0.3, 0.4) is 0 Å². The Bertz CT molecular complexity index is 439. The van der Waals surface area contributed by atoms with E-state index in [1.54, 1.807) is 19.9 Å². The van der Waals surface area contributed by atoms with E-state index in [9.17, 15) is 27.1 Å². The van der Waals surface area contributed by atoms with Gasteiger partial charge in [0.05, 0.1) is 6.61 Å². The van der Waals surface area contributed by atoms with Gasteiger partial charge in [-0.2, -0.15) is 8.78 Å². The zero-order valence-electron chi connectivity index (χ0n) is 11.0.